The number of hydrogen-bond donors (Lipinski definition) is 2. The molecule has 0 spiro atoms. The fraction of sp³-hybridized carbons (Fsp3) is 0.222. The molecule has 0 radical (unpaired) electrons. The molecule has 3 heterocycles. The molecule has 5 aromatic carbocycles. The molecule has 7 aromatic rings. The fourth-order valence-corrected chi connectivity index (χ4v) is 7.40. The zero-order chi connectivity index (χ0) is 37.3. The van der Waals surface area contributed by atoms with Crippen LogP contribution in [-0.2, 0) is 50.1 Å². The van der Waals surface area contributed by atoms with Crippen molar-refractivity contribution in [1.82, 2.24) is 4.98 Å². The van der Waals surface area contributed by atoms with Crippen molar-refractivity contribution in [3.63, 3.8) is 0 Å². The van der Waals surface area contributed by atoms with Gasteiger partial charge in [-0.05, 0) is 34.4 Å². The summed E-state index contributed by atoms with van der Waals surface area (Å²) in [5.74, 6) is 0.617. The van der Waals surface area contributed by atoms with Crippen LogP contribution in [0.4, 0.5) is 5.13 Å². The molecule has 9 nitrogen and oxygen atoms in total. The van der Waals surface area contributed by atoms with Crippen LogP contribution in [0.1, 0.15) is 22.3 Å². The molecular weight excluding hydrogens is 713 g/mol. The Morgan fingerprint density at radius 1 is 0.655 bits per heavy atom. The highest BCUT2D eigenvalue weighted by Gasteiger charge is 2.58. The lowest BCUT2D eigenvalue weighted by Gasteiger charge is -2.50. The van der Waals surface area contributed by atoms with Gasteiger partial charge in [-0.25, -0.2) is 4.98 Å². The van der Waals surface area contributed by atoms with Crippen LogP contribution >= 0.6 is 11.3 Å². The van der Waals surface area contributed by atoms with Gasteiger partial charge >= 0.3 is 0 Å². The first kappa shape index (κ1) is 36.8. The Morgan fingerprint density at radius 2 is 1.20 bits per heavy atom. The Labute approximate surface area is 324 Å². The van der Waals surface area contributed by atoms with E-state index in [2.05, 4.69) is 5.32 Å². The maximum Gasteiger partial charge on any atom is 0.219 e. The number of fused-ring (bicyclic) bond motifs is 1. The van der Waals surface area contributed by atoms with Gasteiger partial charge in [-0.1, -0.05) is 140 Å². The van der Waals surface area contributed by atoms with Gasteiger partial charge in [0, 0.05) is 10.8 Å². The van der Waals surface area contributed by atoms with E-state index >= 15 is 0 Å². The Morgan fingerprint density at radius 3 is 1.82 bits per heavy atom. The first-order valence-corrected chi connectivity index (χ1v) is 19.2. The van der Waals surface area contributed by atoms with Crippen LogP contribution in [0.5, 0.6) is 0 Å². The predicted molar refractivity (Wildman–Crippen MR) is 212 cm³/mol. The van der Waals surface area contributed by atoms with E-state index in [0.717, 1.165) is 33.2 Å². The Kier molecular flexibility index (Phi) is 11.7. The second-order valence-corrected chi connectivity index (χ2v) is 14.3. The average Bonchev–Trinajstić information content (AvgIpc) is 3.89. The molecule has 5 atom stereocenters. The van der Waals surface area contributed by atoms with Gasteiger partial charge in [0.25, 0.3) is 0 Å². The highest BCUT2D eigenvalue weighted by atomic mass is 32.1. The van der Waals surface area contributed by atoms with Crippen LogP contribution < -0.4 is 5.32 Å². The number of para-hydroxylation sites is 1. The number of nitrogens with zero attached hydrogens (tertiary/aromatic N) is 1. The van der Waals surface area contributed by atoms with Crippen molar-refractivity contribution in [3.8, 4) is 11.5 Å². The predicted octanol–water partition coefficient (Wildman–Crippen LogP) is 8.99. The van der Waals surface area contributed by atoms with Crippen LogP contribution in [0.25, 0.3) is 22.4 Å². The number of furan rings is 1. The van der Waals surface area contributed by atoms with E-state index in [0.29, 0.717) is 23.2 Å². The number of aliphatic hydroxyl groups is 1. The number of rotatable bonds is 16. The van der Waals surface area contributed by atoms with Gasteiger partial charge < -0.3 is 38.5 Å². The lowest BCUT2D eigenvalue weighted by atomic mass is 9.92. The standard InChI is InChI=1S/C45H42N2O7S/c48-45(47-44-46-37(31-55-44)39-25-36-23-13-14-24-38(36)53-39)42(51-28-34-19-9-3-10-20-34)41(50-27-33-17-7-2-8-18-33)40(30-49-26-32-15-5-1-6-16-32)54-43(45)52-29-35-21-11-4-12-22-35/h1-25,31,40-43,48H,26-30H2,(H,46,47)/t40-,41-,42+,43-,45-/m1/s1. The van der Waals surface area contributed by atoms with Crippen molar-refractivity contribution >= 4 is 27.4 Å². The largest absolute Gasteiger partial charge is 0.454 e. The summed E-state index contributed by atoms with van der Waals surface area (Å²) in [5.41, 5.74) is 3.22. The zero-order valence-corrected chi connectivity index (χ0v) is 30.9. The van der Waals surface area contributed by atoms with Gasteiger partial charge in [0.15, 0.2) is 10.9 Å². The van der Waals surface area contributed by atoms with Crippen molar-refractivity contribution in [2.45, 2.75) is 56.8 Å². The van der Waals surface area contributed by atoms with Crippen molar-refractivity contribution in [1.29, 1.82) is 0 Å². The molecule has 280 valence electrons. The van der Waals surface area contributed by atoms with Gasteiger partial charge in [-0.3, -0.25) is 0 Å². The molecule has 1 fully saturated rings. The van der Waals surface area contributed by atoms with E-state index in [9.17, 15) is 5.11 Å². The van der Waals surface area contributed by atoms with Crippen molar-refractivity contribution < 1.29 is 33.2 Å². The van der Waals surface area contributed by atoms with E-state index < -0.39 is 30.3 Å². The number of benzene rings is 5. The smallest absolute Gasteiger partial charge is 0.219 e. The summed E-state index contributed by atoms with van der Waals surface area (Å²) in [7, 11) is 0. The second kappa shape index (κ2) is 17.5. The van der Waals surface area contributed by atoms with Gasteiger partial charge in [0.05, 0.1) is 33.0 Å². The molecule has 0 saturated carbocycles. The molecule has 0 bridgehead atoms. The van der Waals surface area contributed by atoms with Gasteiger partial charge in [0.2, 0.25) is 12.0 Å². The molecule has 0 aliphatic carbocycles. The van der Waals surface area contributed by atoms with E-state index in [4.69, 9.17) is 33.1 Å². The molecule has 2 aromatic heterocycles. The molecule has 10 heteroatoms. The van der Waals surface area contributed by atoms with Crippen LogP contribution in [0.15, 0.2) is 161 Å². The van der Waals surface area contributed by atoms with Crippen LogP contribution in [0.3, 0.4) is 0 Å². The fourth-order valence-electron chi connectivity index (χ4n) is 6.63. The quantitative estimate of drug-likeness (QED) is 0.0936. The molecule has 1 saturated heterocycles. The third-order valence-electron chi connectivity index (χ3n) is 9.44. The lowest BCUT2D eigenvalue weighted by molar-refractivity contribution is -0.351. The molecule has 55 heavy (non-hydrogen) atoms. The molecule has 1 aliphatic rings. The minimum absolute atomic E-state index is 0.147. The molecule has 1 aliphatic heterocycles. The number of thiazole rings is 1. The Bertz CT molecular complexity index is 2180. The Balaban J connectivity index is 1.15. The van der Waals surface area contributed by atoms with E-state index in [1.165, 1.54) is 11.3 Å². The SMILES string of the molecule is O[C@@]1(Nc2nc(-c3cc4ccccc4o3)cs2)[C@H](OCc2ccccc2)O[C@H](COCc2ccccc2)[C@@H](OCc2ccccc2)[C@@H]1OCc1ccccc1. The molecule has 0 unspecified atom stereocenters. The zero-order valence-electron chi connectivity index (χ0n) is 30.1. The molecule has 2 N–H and O–H groups in total. The average molecular weight is 755 g/mol. The summed E-state index contributed by atoms with van der Waals surface area (Å²) in [4.78, 5) is 4.86. The summed E-state index contributed by atoms with van der Waals surface area (Å²) < 4.78 is 39.2. The number of hydrogen-bond acceptors (Lipinski definition) is 10. The van der Waals surface area contributed by atoms with Crippen LogP contribution in [0, 0.1) is 0 Å². The highest BCUT2D eigenvalue weighted by molar-refractivity contribution is 7.14. The molecular formula is C45H42N2O7S. The number of aromatic nitrogens is 1. The molecule has 8 rings (SSSR count). The summed E-state index contributed by atoms with van der Waals surface area (Å²) in [6, 6.07) is 49.2. The maximum absolute atomic E-state index is 13.1. The van der Waals surface area contributed by atoms with Crippen LogP contribution in [-0.4, -0.2) is 47.0 Å². The van der Waals surface area contributed by atoms with Gasteiger partial charge in [0.1, 0.15) is 29.6 Å². The van der Waals surface area contributed by atoms with Gasteiger partial charge in [-0.2, -0.15) is 0 Å². The second-order valence-electron chi connectivity index (χ2n) is 13.4. The summed E-state index contributed by atoms with van der Waals surface area (Å²) in [6.45, 7) is 1.11. The molecule has 0 amide bonds. The highest BCUT2D eigenvalue weighted by Crippen LogP contribution is 2.39. The Hall–Kier alpha value is -5.17. The van der Waals surface area contributed by atoms with E-state index in [1.807, 2.05) is 157 Å². The van der Waals surface area contributed by atoms with E-state index in [-0.39, 0.29) is 26.4 Å². The third-order valence-corrected chi connectivity index (χ3v) is 10.2. The van der Waals surface area contributed by atoms with Crippen molar-refractivity contribution in [2.24, 2.45) is 0 Å². The summed E-state index contributed by atoms with van der Waals surface area (Å²) in [5, 5.41) is 19.7. The first-order chi connectivity index (χ1) is 27.1. The minimum atomic E-state index is -2.00. The van der Waals surface area contributed by atoms with Crippen molar-refractivity contribution in [2.75, 3.05) is 11.9 Å². The number of ether oxygens (including phenoxy) is 5. The first-order valence-electron chi connectivity index (χ1n) is 18.3. The van der Waals surface area contributed by atoms with Crippen LogP contribution in [0.2, 0.25) is 0 Å². The van der Waals surface area contributed by atoms with Crippen molar-refractivity contribution in [3.05, 3.63) is 179 Å². The summed E-state index contributed by atoms with van der Waals surface area (Å²) in [6.07, 6.45) is -3.79. The number of anilines is 1. The normalized spacial score (nSPS) is 21.1. The topological polar surface area (TPSA) is 104 Å². The monoisotopic (exact) mass is 754 g/mol. The summed E-state index contributed by atoms with van der Waals surface area (Å²) >= 11 is 1.33. The maximum atomic E-state index is 13.1. The lowest BCUT2D eigenvalue weighted by Crippen LogP contribution is -2.71. The van der Waals surface area contributed by atoms with E-state index in [1.54, 1.807) is 0 Å². The third kappa shape index (κ3) is 9.04. The van der Waals surface area contributed by atoms with Gasteiger partial charge in [-0.15, -0.1) is 11.3 Å². The minimum Gasteiger partial charge on any atom is -0.454 e. The number of nitrogens with one attached hydrogen (secondary N) is 1.